The van der Waals surface area contributed by atoms with E-state index in [1.807, 2.05) is 0 Å². The Morgan fingerprint density at radius 1 is 1.67 bits per heavy atom. The third-order valence-corrected chi connectivity index (χ3v) is 6.36. The van der Waals surface area contributed by atoms with Crippen molar-refractivity contribution in [3.05, 3.63) is 0 Å². The first-order valence-electron chi connectivity index (χ1n) is 1.21. The molecular weight excluding hydrogens is 287 g/mol. The molecule has 0 aliphatic rings. The molecule has 0 aliphatic heterocycles. The summed E-state index contributed by atoms with van der Waals surface area (Å²) in [7, 11) is 0. The second-order valence-electron chi connectivity index (χ2n) is 0.462. The zero-order valence-corrected chi connectivity index (χ0v) is 11.1. The van der Waals surface area contributed by atoms with E-state index < -0.39 is 41.6 Å². The van der Waals surface area contributed by atoms with Gasteiger partial charge in [-0.3, -0.25) is 0 Å². The summed E-state index contributed by atoms with van der Waals surface area (Å²) in [6, 6.07) is 0. The summed E-state index contributed by atoms with van der Waals surface area (Å²) in [4.78, 5) is 0. The predicted molar refractivity (Wildman–Crippen MR) is 12.7 cm³/mol. The summed E-state index contributed by atoms with van der Waals surface area (Å²) < 4.78 is 20.2. The summed E-state index contributed by atoms with van der Waals surface area (Å²) in [6.07, 6.45) is 0. The van der Waals surface area contributed by atoms with Crippen LogP contribution in [0.1, 0.15) is 0 Å². The molecule has 0 saturated heterocycles. The van der Waals surface area contributed by atoms with E-state index >= 15 is 0 Å². The molecule has 0 aromatic rings. The Kier molecular flexibility index (Phi) is 18.0. The summed E-state index contributed by atoms with van der Waals surface area (Å²) >= 11 is -3.30. The van der Waals surface area contributed by atoms with Gasteiger partial charge in [-0.2, -0.15) is 0 Å². The van der Waals surface area contributed by atoms with Gasteiger partial charge in [0.2, 0.25) is 0 Å². The van der Waals surface area contributed by atoms with Gasteiger partial charge in [0.25, 0.3) is 0 Å². The van der Waals surface area contributed by atoms with Crippen LogP contribution in [-0.2, 0) is 36.3 Å². The maximum atomic E-state index is 7.94. The standard InChI is InChI=1S/Co.In.2H2O.O.Zn.H/h;;2*1H2;;;/q;+1;;;;+1;/p-2. The first kappa shape index (κ1) is 10.8. The van der Waals surface area contributed by atoms with Gasteiger partial charge < -0.3 is 0 Å². The van der Waals surface area contributed by atoms with Gasteiger partial charge in [0.05, 0.1) is 0 Å². The Bertz CT molecular complexity index is 18.3. The van der Waals surface area contributed by atoms with Gasteiger partial charge in [-0.1, -0.05) is 0 Å². The number of hydrogen-bond acceptors (Lipinski definition) is 3. The molecule has 6 heteroatoms. The minimum atomic E-state index is -1.73. The number of rotatable bonds is 2. The van der Waals surface area contributed by atoms with Crippen molar-refractivity contribution in [1.29, 1.82) is 0 Å². The normalized spacial score (nSPS) is 5.00. The molecule has 0 heterocycles. The molecule has 0 bridgehead atoms. The van der Waals surface area contributed by atoms with Crippen molar-refractivity contribution in [3.8, 4) is 0 Å². The Balaban J connectivity index is 0. The molecule has 2 N–H and O–H groups in total. The second kappa shape index (κ2) is 9.99. The van der Waals surface area contributed by atoms with Gasteiger partial charge in [0.1, 0.15) is 0 Å². The monoisotopic (exact) mass is 289 g/mol. The first-order chi connectivity index (χ1) is 2.41. The zero-order chi connectivity index (χ0) is 4.12. The van der Waals surface area contributed by atoms with E-state index in [0.717, 1.165) is 0 Å². The van der Waals surface area contributed by atoms with Crippen molar-refractivity contribution < 1.29 is 43.5 Å². The van der Waals surface area contributed by atoms with E-state index in [1.54, 1.807) is 0 Å². The van der Waals surface area contributed by atoms with Crippen LogP contribution in [0.5, 0.6) is 0 Å². The summed E-state index contributed by atoms with van der Waals surface area (Å²) in [5.41, 5.74) is 0. The van der Waals surface area contributed by atoms with Crippen LogP contribution in [-0.4, -0.2) is 30.9 Å². The Morgan fingerprint density at radius 3 is 2.17 bits per heavy atom. The van der Waals surface area contributed by atoms with Crippen molar-refractivity contribution in [2.75, 3.05) is 0 Å². The van der Waals surface area contributed by atoms with Crippen LogP contribution in [0, 0.1) is 0 Å². The molecule has 0 fully saturated rings. The van der Waals surface area contributed by atoms with Crippen LogP contribution < -0.4 is 0 Å². The molecule has 3 nitrogen and oxygen atoms in total. The fraction of sp³-hybridized carbons (Fsp3) is 0. The minimum absolute atomic E-state index is 0. The summed E-state index contributed by atoms with van der Waals surface area (Å²) in [5.74, 6) is 0. The first-order valence-corrected chi connectivity index (χ1v) is 7.20. The Labute approximate surface area is 66.6 Å². The molecule has 0 amide bonds. The molecule has 0 unspecified atom stereocenters. The summed E-state index contributed by atoms with van der Waals surface area (Å²) in [5, 5.41) is 0. The SMILES string of the molecule is [Co].[OH][Zn][O][InH][OH]. The van der Waals surface area contributed by atoms with Crippen molar-refractivity contribution in [2.24, 2.45) is 0 Å². The van der Waals surface area contributed by atoms with Crippen molar-refractivity contribution in [2.45, 2.75) is 0 Å². The molecular formula is H3CoInO3Zn. The molecule has 35 valence electrons. The second-order valence-corrected chi connectivity index (χ2v) is 8.65. The van der Waals surface area contributed by atoms with Crippen molar-refractivity contribution in [3.63, 3.8) is 0 Å². The number of hydrogen-bond donors (Lipinski definition) is 2. The average Bonchev–Trinajstić information content (AvgIpc) is 1.41. The topological polar surface area (TPSA) is 49.7 Å². The van der Waals surface area contributed by atoms with Crippen LogP contribution in [0.25, 0.3) is 0 Å². The van der Waals surface area contributed by atoms with Gasteiger partial charge in [0, 0.05) is 16.8 Å². The predicted octanol–water partition coefficient (Wildman–Crippen LogP) is -1.84. The fourth-order valence-electron chi connectivity index (χ4n) is 0.0408. The van der Waals surface area contributed by atoms with Crippen LogP contribution >= 0.6 is 0 Å². The van der Waals surface area contributed by atoms with E-state index in [2.05, 4.69) is 1.68 Å². The van der Waals surface area contributed by atoms with E-state index in [9.17, 15) is 0 Å². The molecule has 0 aromatic heterocycles. The molecule has 0 aliphatic carbocycles. The Morgan fingerprint density at radius 2 is 2.17 bits per heavy atom. The molecule has 0 atom stereocenters. The van der Waals surface area contributed by atoms with E-state index in [-0.39, 0.29) is 16.8 Å². The quantitative estimate of drug-likeness (QED) is 0.588. The fourth-order valence-corrected chi connectivity index (χ4v) is 1.42. The van der Waals surface area contributed by atoms with Crippen LogP contribution in [0.4, 0.5) is 0 Å². The molecule has 0 spiro atoms. The van der Waals surface area contributed by atoms with Gasteiger partial charge in [-0.05, 0) is 0 Å². The third kappa shape index (κ3) is 9.30. The molecule has 0 saturated carbocycles. The molecule has 6 heavy (non-hydrogen) atoms. The van der Waals surface area contributed by atoms with Gasteiger partial charge >= 0.3 is 50.5 Å². The summed E-state index contributed by atoms with van der Waals surface area (Å²) in [6.45, 7) is 0. The zero-order valence-electron chi connectivity index (χ0n) is 3.05. The van der Waals surface area contributed by atoms with E-state index in [1.165, 1.54) is 0 Å². The van der Waals surface area contributed by atoms with Gasteiger partial charge in [-0.25, -0.2) is 0 Å². The molecule has 0 aromatic carbocycles. The third-order valence-electron chi connectivity index (χ3n) is 0.183. The molecule has 0 rings (SSSR count). The van der Waals surface area contributed by atoms with Crippen molar-refractivity contribution in [1.82, 2.24) is 0 Å². The molecule has 1 radical (unpaired) electrons. The van der Waals surface area contributed by atoms with E-state index in [4.69, 9.17) is 7.16 Å². The van der Waals surface area contributed by atoms with Crippen LogP contribution in [0.15, 0.2) is 0 Å². The van der Waals surface area contributed by atoms with Crippen LogP contribution in [0.2, 0.25) is 0 Å². The van der Waals surface area contributed by atoms with Gasteiger partial charge in [-0.15, -0.1) is 0 Å². The average molecular weight is 290 g/mol. The van der Waals surface area contributed by atoms with E-state index in [0.29, 0.717) is 0 Å². The Hall–Kier alpha value is 1.88. The van der Waals surface area contributed by atoms with Crippen LogP contribution in [0.3, 0.4) is 0 Å². The maximum absolute atomic E-state index is 7.94. The van der Waals surface area contributed by atoms with Gasteiger partial charge in [0.15, 0.2) is 0 Å². The van der Waals surface area contributed by atoms with Crippen molar-refractivity contribution >= 4 is 23.8 Å².